The lowest BCUT2D eigenvalue weighted by Gasteiger charge is -2.35. The summed E-state index contributed by atoms with van der Waals surface area (Å²) in [5.41, 5.74) is 0. The molecule has 4 N–H and O–H groups in total. The molecule has 320 valence electrons. The van der Waals surface area contributed by atoms with Gasteiger partial charge < -0.3 is 39.4 Å². The molecule has 0 heterocycles. The topological polar surface area (TPSA) is 254 Å². The second-order valence-corrected chi connectivity index (χ2v) is 14.6. The Hall–Kier alpha value is -4.24. The van der Waals surface area contributed by atoms with Gasteiger partial charge in [0.15, 0.2) is 0 Å². The van der Waals surface area contributed by atoms with Gasteiger partial charge in [0.2, 0.25) is 12.6 Å². The first kappa shape index (κ1) is 49.8. The maximum Gasteiger partial charge on any atom is 0.308 e. The van der Waals surface area contributed by atoms with Crippen LogP contribution in [0.4, 0.5) is 0 Å². The number of carboxylic acids is 4. The molecule has 0 aromatic rings. The summed E-state index contributed by atoms with van der Waals surface area (Å²) in [7, 11) is 0. The number of aliphatic carboxylic acids is 4. The third kappa shape index (κ3) is 27.4. The number of unbranched alkanes of at least 4 members (excludes halogenated alkanes) is 12. The Labute approximate surface area is 329 Å². The molecule has 0 aromatic carbocycles. The van der Waals surface area contributed by atoms with E-state index in [1.165, 1.54) is 0 Å². The Morgan fingerprint density at radius 3 is 0.679 bits per heavy atom. The van der Waals surface area contributed by atoms with Crippen molar-refractivity contribution in [3.8, 4) is 0 Å². The molecule has 0 radical (unpaired) electrons. The normalized spacial score (nSPS) is 15.2. The molecule has 1 aliphatic rings. The Balaban J connectivity index is 2.87. The number of carbonyl (C=O) groups excluding carboxylic acids is 4. The van der Waals surface area contributed by atoms with Crippen molar-refractivity contribution in [1.29, 1.82) is 0 Å². The average molecular weight is 801 g/mol. The fourth-order valence-corrected chi connectivity index (χ4v) is 6.47. The van der Waals surface area contributed by atoms with Crippen LogP contribution in [0.15, 0.2) is 0 Å². The Kier molecular flexibility index (Phi) is 27.5. The second-order valence-electron chi connectivity index (χ2n) is 14.6. The lowest BCUT2D eigenvalue weighted by Crippen LogP contribution is -2.38. The van der Waals surface area contributed by atoms with Crippen LogP contribution in [0.5, 0.6) is 0 Å². The Morgan fingerprint density at radius 2 is 0.500 bits per heavy atom. The summed E-state index contributed by atoms with van der Waals surface area (Å²) in [5.74, 6) is -6.49. The van der Waals surface area contributed by atoms with Crippen molar-refractivity contribution in [2.45, 2.75) is 192 Å². The zero-order valence-electron chi connectivity index (χ0n) is 32.8. The van der Waals surface area contributed by atoms with Crippen molar-refractivity contribution in [2.24, 2.45) is 11.8 Å². The van der Waals surface area contributed by atoms with Gasteiger partial charge in [0.05, 0.1) is 0 Å². The Bertz CT molecular complexity index is 1040. The minimum atomic E-state index is -1.17. The van der Waals surface area contributed by atoms with E-state index in [0.29, 0.717) is 128 Å². The van der Waals surface area contributed by atoms with E-state index in [9.17, 15) is 38.4 Å². The lowest BCUT2D eigenvalue weighted by molar-refractivity contribution is -0.211. The van der Waals surface area contributed by atoms with Crippen LogP contribution < -0.4 is 0 Å². The molecular weight excluding hydrogens is 736 g/mol. The van der Waals surface area contributed by atoms with Gasteiger partial charge in [-0.15, -0.1) is 0 Å². The summed E-state index contributed by atoms with van der Waals surface area (Å²) in [6, 6.07) is 0. The average Bonchev–Trinajstić information content (AvgIpc) is 3.13. The minimum Gasteiger partial charge on any atom is -0.481 e. The number of carbonyl (C=O) groups is 8. The molecule has 0 bridgehead atoms. The predicted molar refractivity (Wildman–Crippen MR) is 199 cm³/mol. The molecule has 56 heavy (non-hydrogen) atoms. The van der Waals surface area contributed by atoms with Gasteiger partial charge in [-0.05, 0) is 77.0 Å². The van der Waals surface area contributed by atoms with E-state index in [1.807, 2.05) is 0 Å². The maximum absolute atomic E-state index is 12.8. The summed E-state index contributed by atoms with van der Waals surface area (Å²) >= 11 is 0. The van der Waals surface area contributed by atoms with Crippen LogP contribution >= 0.6 is 0 Å². The highest BCUT2D eigenvalue weighted by molar-refractivity contribution is 5.72. The molecule has 1 aliphatic carbocycles. The smallest absolute Gasteiger partial charge is 0.308 e. The molecule has 0 unspecified atom stereocenters. The highest BCUT2D eigenvalue weighted by Crippen LogP contribution is 2.36. The fourth-order valence-electron chi connectivity index (χ4n) is 6.47. The van der Waals surface area contributed by atoms with E-state index in [1.54, 1.807) is 0 Å². The van der Waals surface area contributed by atoms with Crippen molar-refractivity contribution in [3.63, 3.8) is 0 Å². The van der Waals surface area contributed by atoms with Crippen LogP contribution in [-0.2, 0) is 57.3 Å². The second kappa shape index (κ2) is 30.9. The highest BCUT2D eigenvalue weighted by atomic mass is 16.7. The Morgan fingerprint density at radius 1 is 0.321 bits per heavy atom. The lowest BCUT2D eigenvalue weighted by atomic mass is 9.81. The number of ether oxygens (including phenoxy) is 4. The van der Waals surface area contributed by atoms with Crippen LogP contribution in [0.25, 0.3) is 0 Å². The fraction of sp³-hybridized carbons (Fsp3) is 0.800. The van der Waals surface area contributed by atoms with E-state index in [2.05, 4.69) is 0 Å². The molecule has 0 amide bonds. The predicted octanol–water partition coefficient (Wildman–Crippen LogP) is 7.32. The van der Waals surface area contributed by atoms with Crippen molar-refractivity contribution in [2.75, 3.05) is 0 Å². The van der Waals surface area contributed by atoms with Crippen molar-refractivity contribution in [3.05, 3.63) is 0 Å². The van der Waals surface area contributed by atoms with Gasteiger partial charge >= 0.3 is 47.8 Å². The summed E-state index contributed by atoms with van der Waals surface area (Å²) < 4.78 is 22.8. The third-order valence-corrected chi connectivity index (χ3v) is 9.66. The van der Waals surface area contributed by atoms with E-state index < -0.39 is 60.3 Å². The molecule has 0 aliphatic heterocycles. The summed E-state index contributed by atoms with van der Waals surface area (Å²) in [6.45, 7) is 0. The monoisotopic (exact) mass is 800 g/mol. The summed E-state index contributed by atoms with van der Waals surface area (Å²) in [6.07, 6.45) is 8.74. The molecule has 0 saturated heterocycles. The quantitative estimate of drug-likeness (QED) is 0.0282. The number of carboxylic acid groups (broad SMARTS) is 4. The third-order valence-electron chi connectivity index (χ3n) is 9.66. The van der Waals surface area contributed by atoms with Crippen molar-refractivity contribution >= 4 is 47.8 Å². The minimum absolute atomic E-state index is 0.0519. The summed E-state index contributed by atoms with van der Waals surface area (Å²) in [5, 5.41) is 35.3. The van der Waals surface area contributed by atoms with E-state index in [4.69, 9.17) is 39.4 Å². The van der Waals surface area contributed by atoms with Gasteiger partial charge in [-0.3, -0.25) is 38.4 Å². The first-order valence-corrected chi connectivity index (χ1v) is 20.4. The van der Waals surface area contributed by atoms with Crippen LogP contribution in [0.3, 0.4) is 0 Å². The molecule has 1 saturated carbocycles. The van der Waals surface area contributed by atoms with Crippen LogP contribution in [0, 0.1) is 11.8 Å². The number of hydrogen-bond acceptors (Lipinski definition) is 12. The van der Waals surface area contributed by atoms with Crippen LogP contribution in [0.1, 0.15) is 180 Å². The molecule has 16 heteroatoms. The molecule has 0 atom stereocenters. The highest BCUT2D eigenvalue weighted by Gasteiger charge is 2.38. The number of esters is 4. The standard InChI is InChI=1S/C40H64O16/c41-31(42)17-9-1-5-13-21-35(49)53-39(54-36(50)22-14-6-2-10-18-32(43)44)29-25-27-30(28-26-29)40(55-37(51)23-15-7-3-11-19-33(45)46)56-38(52)24-16-8-4-12-20-34(47)48/h29-30,39-40H,1-28H2,(H,41,42)(H,43,44)(H,45,46)(H,47,48). The molecule has 1 rings (SSSR count). The molecular formula is C40H64O16. The van der Waals surface area contributed by atoms with Crippen molar-refractivity contribution in [1.82, 2.24) is 0 Å². The van der Waals surface area contributed by atoms with Gasteiger partial charge in [0, 0.05) is 63.2 Å². The summed E-state index contributed by atoms with van der Waals surface area (Å²) in [4.78, 5) is 94.4. The van der Waals surface area contributed by atoms with Gasteiger partial charge in [0.25, 0.3) is 0 Å². The first-order chi connectivity index (χ1) is 26.8. The van der Waals surface area contributed by atoms with E-state index >= 15 is 0 Å². The molecule has 1 fully saturated rings. The molecule has 16 nitrogen and oxygen atoms in total. The SMILES string of the molecule is O=C(O)CCCCCCC(=O)OC(OC(=O)CCCCCCC(=O)O)C1CCC(C(OC(=O)CCCCCCC(=O)O)OC(=O)CCCCCCC(=O)O)CC1. The zero-order valence-corrected chi connectivity index (χ0v) is 32.8. The van der Waals surface area contributed by atoms with Gasteiger partial charge in [-0.25, -0.2) is 0 Å². The van der Waals surface area contributed by atoms with Crippen LogP contribution in [0.2, 0.25) is 0 Å². The van der Waals surface area contributed by atoms with Crippen LogP contribution in [-0.4, -0.2) is 80.8 Å². The largest absolute Gasteiger partial charge is 0.481 e. The first-order valence-electron chi connectivity index (χ1n) is 20.4. The van der Waals surface area contributed by atoms with Gasteiger partial charge in [-0.1, -0.05) is 51.4 Å². The van der Waals surface area contributed by atoms with E-state index in [0.717, 1.165) is 0 Å². The molecule has 0 spiro atoms. The van der Waals surface area contributed by atoms with Gasteiger partial charge in [0.1, 0.15) is 0 Å². The maximum atomic E-state index is 12.8. The zero-order chi connectivity index (χ0) is 41.6. The van der Waals surface area contributed by atoms with Crippen molar-refractivity contribution < 1.29 is 77.7 Å². The number of hydrogen-bond donors (Lipinski definition) is 4. The molecule has 0 aromatic heterocycles. The van der Waals surface area contributed by atoms with Gasteiger partial charge in [-0.2, -0.15) is 0 Å². The van der Waals surface area contributed by atoms with E-state index in [-0.39, 0.29) is 63.2 Å². The number of rotatable bonds is 34.